The van der Waals surface area contributed by atoms with Crippen molar-refractivity contribution in [2.75, 3.05) is 13.7 Å². The predicted molar refractivity (Wildman–Crippen MR) is 69.1 cm³/mol. The minimum Gasteiger partial charge on any atom is -0.383 e. The van der Waals surface area contributed by atoms with Gasteiger partial charge in [-0.25, -0.2) is 0 Å². The van der Waals surface area contributed by atoms with Gasteiger partial charge in [0.05, 0.1) is 12.4 Å². The molecule has 96 valence electrons. The summed E-state index contributed by atoms with van der Waals surface area (Å²) in [5, 5.41) is 3.89. The molecule has 5 nitrogen and oxygen atoms in total. The van der Waals surface area contributed by atoms with E-state index in [1.54, 1.807) is 18.9 Å². The second-order valence-electron chi connectivity index (χ2n) is 3.71. The first-order chi connectivity index (χ1) is 8.79. The number of aromatic nitrogens is 2. The van der Waals surface area contributed by atoms with Crippen LogP contribution in [0.2, 0.25) is 0 Å². The monoisotopic (exact) mass is 265 g/mol. The number of thioether (sulfide) groups is 1. The summed E-state index contributed by atoms with van der Waals surface area (Å²) in [4.78, 5) is 5.41. The van der Waals surface area contributed by atoms with Crippen molar-refractivity contribution in [3.05, 3.63) is 42.0 Å². The van der Waals surface area contributed by atoms with Gasteiger partial charge in [0.1, 0.15) is 6.04 Å². The molecule has 0 saturated heterocycles. The lowest BCUT2D eigenvalue weighted by Crippen LogP contribution is -2.16. The molecular formula is C12H15N3O2S. The van der Waals surface area contributed by atoms with Gasteiger partial charge in [0.2, 0.25) is 5.89 Å². The largest absolute Gasteiger partial charge is 0.383 e. The highest BCUT2D eigenvalue weighted by Crippen LogP contribution is 2.21. The Bertz CT molecular complexity index is 475. The van der Waals surface area contributed by atoms with Crippen LogP contribution in [0.15, 0.2) is 39.8 Å². The molecular weight excluding hydrogens is 250 g/mol. The van der Waals surface area contributed by atoms with E-state index in [4.69, 9.17) is 15.0 Å². The van der Waals surface area contributed by atoms with Gasteiger partial charge in [-0.05, 0) is 12.1 Å². The SMILES string of the molecule is COCC(N)c1nc(CSc2ccccc2)no1. The van der Waals surface area contributed by atoms with Crippen molar-refractivity contribution in [2.24, 2.45) is 5.73 Å². The summed E-state index contributed by atoms with van der Waals surface area (Å²) < 4.78 is 10.0. The topological polar surface area (TPSA) is 74.2 Å². The molecule has 18 heavy (non-hydrogen) atoms. The minimum absolute atomic E-state index is 0.363. The van der Waals surface area contributed by atoms with Crippen molar-refractivity contribution in [3.63, 3.8) is 0 Å². The molecule has 2 N–H and O–H groups in total. The van der Waals surface area contributed by atoms with Gasteiger partial charge in [-0.1, -0.05) is 23.4 Å². The Kier molecular flexibility index (Phi) is 4.74. The molecule has 1 aromatic carbocycles. The lowest BCUT2D eigenvalue weighted by molar-refractivity contribution is 0.166. The normalized spacial score (nSPS) is 12.6. The van der Waals surface area contributed by atoms with Crippen molar-refractivity contribution in [1.82, 2.24) is 10.1 Å². The fourth-order valence-corrected chi connectivity index (χ4v) is 2.15. The fourth-order valence-electron chi connectivity index (χ4n) is 1.39. The summed E-state index contributed by atoms with van der Waals surface area (Å²) in [6, 6.07) is 9.71. The molecule has 2 rings (SSSR count). The Morgan fingerprint density at radius 2 is 2.17 bits per heavy atom. The Labute approximate surface area is 110 Å². The maximum Gasteiger partial charge on any atom is 0.245 e. The fraction of sp³-hybridized carbons (Fsp3) is 0.333. The van der Waals surface area contributed by atoms with Crippen LogP contribution in [0.25, 0.3) is 0 Å². The molecule has 0 aliphatic carbocycles. The van der Waals surface area contributed by atoms with Crippen molar-refractivity contribution >= 4 is 11.8 Å². The molecule has 1 unspecified atom stereocenters. The third-order valence-corrected chi connectivity index (χ3v) is 3.27. The predicted octanol–water partition coefficient (Wildman–Crippen LogP) is 2.01. The van der Waals surface area contributed by atoms with E-state index in [1.165, 1.54) is 4.90 Å². The third-order valence-electron chi connectivity index (χ3n) is 2.26. The van der Waals surface area contributed by atoms with Crippen molar-refractivity contribution in [2.45, 2.75) is 16.7 Å². The first kappa shape index (κ1) is 13.1. The van der Waals surface area contributed by atoms with Crippen LogP contribution < -0.4 is 5.73 Å². The quantitative estimate of drug-likeness (QED) is 0.805. The third kappa shape index (κ3) is 3.56. The Morgan fingerprint density at radius 3 is 2.89 bits per heavy atom. The molecule has 0 aliphatic heterocycles. The standard InChI is InChI=1S/C12H15N3O2S/c1-16-7-10(13)12-14-11(15-17-12)8-18-9-5-3-2-4-6-9/h2-6,10H,7-8,13H2,1H3. The van der Waals surface area contributed by atoms with Crippen molar-refractivity contribution in [3.8, 4) is 0 Å². The Hall–Kier alpha value is -1.37. The van der Waals surface area contributed by atoms with E-state index in [-0.39, 0.29) is 6.04 Å². The number of ether oxygens (including phenoxy) is 1. The highest BCUT2D eigenvalue weighted by molar-refractivity contribution is 7.98. The molecule has 0 aliphatic rings. The summed E-state index contributed by atoms with van der Waals surface area (Å²) in [5.41, 5.74) is 5.80. The van der Waals surface area contributed by atoms with Gasteiger partial charge in [0.15, 0.2) is 5.82 Å². The van der Waals surface area contributed by atoms with Crippen molar-refractivity contribution < 1.29 is 9.26 Å². The molecule has 0 saturated carbocycles. The van der Waals surface area contributed by atoms with E-state index in [0.29, 0.717) is 24.1 Å². The molecule has 0 fully saturated rings. The molecule has 0 amide bonds. The van der Waals surface area contributed by atoms with Crippen LogP contribution in [0.3, 0.4) is 0 Å². The number of methoxy groups -OCH3 is 1. The lowest BCUT2D eigenvalue weighted by atomic mass is 10.3. The van der Waals surface area contributed by atoms with Gasteiger partial charge in [-0.3, -0.25) is 0 Å². The van der Waals surface area contributed by atoms with Crippen LogP contribution in [0.1, 0.15) is 17.8 Å². The lowest BCUT2D eigenvalue weighted by Gasteiger charge is -2.02. The maximum atomic E-state index is 5.80. The zero-order valence-corrected chi connectivity index (χ0v) is 10.9. The van der Waals surface area contributed by atoms with E-state index >= 15 is 0 Å². The molecule has 1 heterocycles. The summed E-state index contributed by atoms with van der Waals surface area (Å²) in [6.07, 6.45) is 0. The molecule has 6 heteroatoms. The number of rotatable bonds is 6. The Morgan fingerprint density at radius 1 is 1.39 bits per heavy atom. The zero-order chi connectivity index (χ0) is 12.8. The van der Waals surface area contributed by atoms with Gasteiger partial charge < -0.3 is 15.0 Å². The first-order valence-corrected chi connectivity index (χ1v) is 6.53. The van der Waals surface area contributed by atoms with Crippen LogP contribution in [0, 0.1) is 0 Å². The average Bonchev–Trinajstić information content (AvgIpc) is 2.87. The van der Waals surface area contributed by atoms with Gasteiger partial charge in [-0.2, -0.15) is 4.98 Å². The maximum absolute atomic E-state index is 5.80. The number of benzene rings is 1. The van der Waals surface area contributed by atoms with Gasteiger partial charge in [0.25, 0.3) is 0 Å². The van der Waals surface area contributed by atoms with Crippen LogP contribution in [-0.4, -0.2) is 23.9 Å². The van der Waals surface area contributed by atoms with E-state index in [1.807, 2.05) is 30.3 Å². The van der Waals surface area contributed by atoms with Crippen LogP contribution in [0.5, 0.6) is 0 Å². The Balaban J connectivity index is 1.91. The van der Waals surface area contributed by atoms with E-state index in [2.05, 4.69) is 10.1 Å². The molecule has 1 atom stereocenters. The van der Waals surface area contributed by atoms with Gasteiger partial charge in [-0.15, -0.1) is 11.8 Å². The number of hydrogen-bond acceptors (Lipinski definition) is 6. The van der Waals surface area contributed by atoms with Crippen LogP contribution >= 0.6 is 11.8 Å². The first-order valence-electron chi connectivity index (χ1n) is 5.54. The van der Waals surface area contributed by atoms with Gasteiger partial charge >= 0.3 is 0 Å². The highest BCUT2D eigenvalue weighted by Gasteiger charge is 2.14. The summed E-state index contributed by atoms with van der Waals surface area (Å²) in [7, 11) is 1.59. The molecule has 0 bridgehead atoms. The molecule has 2 aromatic rings. The summed E-state index contributed by atoms with van der Waals surface area (Å²) in [5.74, 6) is 1.72. The smallest absolute Gasteiger partial charge is 0.245 e. The molecule has 1 aromatic heterocycles. The number of hydrogen-bond donors (Lipinski definition) is 1. The highest BCUT2D eigenvalue weighted by atomic mass is 32.2. The minimum atomic E-state index is -0.363. The van der Waals surface area contributed by atoms with E-state index in [9.17, 15) is 0 Å². The summed E-state index contributed by atoms with van der Waals surface area (Å²) in [6.45, 7) is 0.369. The zero-order valence-electron chi connectivity index (χ0n) is 10.1. The molecule has 0 radical (unpaired) electrons. The van der Waals surface area contributed by atoms with Gasteiger partial charge in [0, 0.05) is 12.0 Å². The van der Waals surface area contributed by atoms with Crippen molar-refractivity contribution in [1.29, 1.82) is 0 Å². The number of nitrogens with two attached hydrogens (primary N) is 1. The second-order valence-corrected chi connectivity index (χ2v) is 4.76. The summed E-state index contributed by atoms with van der Waals surface area (Å²) >= 11 is 1.65. The van der Waals surface area contributed by atoms with E-state index in [0.717, 1.165) is 0 Å². The number of nitrogens with zero attached hydrogens (tertiary/aromatic N) is 2. The van der Waals surface area contributed by atoms with E-state index < -0.39 is 0 Å². The average molecular weight is 265 g/mol. The van der Waals surface area contributed by atoms with Crippen LogP contribution in [0.4, 0.5) is 0 Å². The van der Waals surface area contributed by atoms with Crippen LogP contribution in [-0.2, 0) is 10.5 Å². The second kappa shape index (κ2) is 6.53. The molecule has 0 spiro atoms.